The van der Waals surface area contributed by atoms with Crippen LogP contribution < -0.4 is 11.1 Å². The largest absolute Gasteiger partial charge is 0.444 e. The Morgan fingerprint density at radius 3 is 2.23 bits per heavy atom. The second kappa shape index (κ2) is 8.46. The van der Waals surface area contributed by atoms with Crippen LogP contribution in [-0.2, 0) is 17.8 Å². The molecule has 0 heterocycles. The molecular weight excluding hydrogens is 278 g/mol. The second-order valence-corrected chi connectivity index (χ2v) is 4.69. The SMILES string of the molecule is NC(=NCCc1ccccc1)NC(=O)OCc1ccccc1. The quantitative estimate of drug-likeness (QED) is 0.657. The van der Waals surface area contributed by atoms with Gasteiger partial charge in [-0.25, -0.2) is 4.79 Å². The number of hydrogen-bond acceptors (Lipinski definition) is 3. The fourth-order valence-corrected chi connectivity index (χ4v) is 1.85. The number of hydrogen-bond donors (Lipinski definition) is 2. The number of carbonyl (C=O) groups is 1. The van der Waals surface area contributed by atoms with Crippen LogP contribution in [0.1, 0.15) is 11.1 Å². The zero-order valence-corrected chi connectivity index (χ0v) is 12.2. The zero-order valence-electron chi connectivity index (χ0n) is 12.2. The standard InChI is InChI=1S/C17H19N3O2/c18-16(19-12-11-14-7-3-1-4-8-14)20-17(21)22-13-15-9-5-2-6-10-15/h1-10H,11-13H2,(H3,18,19,20,21). The Bertz CT molecular complexity index is 612. The van der Waals surface area contributed by atoms with E-state index in [1.807, 2.05) is 60.7 Å². The first-order valence-corrected chi connectivity index (χ1v) is 7.05. The van der Waals surface area contributed by atoms with E-state index in [1.165, 1.54) is 5.56 Å². The molecule has 0 saturated heterocycles. The molecular formula is C17H19N3O2. The number of benzene rings is 2. The van der Waals surface area contributed by atoms with Crippen molar-refractivity contribution < 1.29 is 9.53 Å². The van der Waals surface area contributed by atoms with E-state index >= 15 is 0 Å². The lowest BCUT2D eigenvalue weighted by molar-refractivity contribution is 0.145. The first-order chi connectivity index (χ1) is 10.7. The van der Waals surface area contributed by atoms with Gasteiger partial charge in [-0.05, 0) is 17.5 Å². The molecule has 0 fully saturated rings. The Balaban J connectivity index is 1.70. The molecule has 114 valence electrons. The first-order valence-electron chi connectivity index (χ1n) is 7.05. The Kier molecular flexibility index (Phi) is 5.99. The van der Waals surface area contributed by atoms with E-state index in [-0.39, 0.29) is 12.6 Å². The van der Waals surface area contributed by atoms with Gasteiger partial charge in [0.1, 0.15) is 6.61 Å². The Morgan fingerprint density at radius 1 is 1.00 bits per heavy atom. The summed E-state index contributed by atoms with van der Waals surface area (Å²) in [4.78, 5) is 15.7. The number of ether oxygens (including phenoxy) is 1. The molecule has 0 atom stereocenters. The number of carbonyl (C=O) groups excluding carboxylic acids is 1. The van der Waals surface area contributed by atoms with E-state index in [9.17, 15) is 4.79 Å². The summed E-state index contributed by atoms with van der Waals surface area (Å²) < 4.78 is 5.05. The molecule has 2 aromatic carbocycles. The highest BCUT2D eigenvalue weighted by Crippen LogP contribution is 2.01. The number of guanidine groups is 1. The van der Waals surface area contributed by atoms with E-state index in [2.05, 4.69) is 10.3 Å². The summed E-state index contributed by atoms with van der Waals surface area (Å²) in [5.41, 5.74) is 7.73. The van der Waals surface area contributed by atoms with E-state index in [1.54, 1.807) is 0 Å². The van der Waals surface area contributed by atoms with Crippen LogP contribution in [-0.4, -0.2) is 18.6 Å². The van der Waals surface area contributed by atoms with Crippen molar-refractivity contribution >= 4 is 12.1 Å². The molecule has 0 spiro atoms. The molecule has 5 heteroatoms. The highest BCUT2D eigenvalue weighted by Gasteiger charge is 2.04. The molecule has 0 aliphatic carbocycles. The fraction of sp³-hybridized carbons (Fsp3) is 0.176. The minimum Gasteiger partial charge on any atom is -0.444 e. The number of aliphatic imine (C=N–C) groups is 1. The maximum Gasteiger partial charge on any atom is 0.414 e. The first kappa shape index (κ1) is 15.6. The van der Waals surface area contributed by atoms with Crippen molar-refractivity contribution in [1.82, 2.24) is 5.32 Å². The molecule has 0 unspecified atom stereocenters. The van der Waals surface area contributed by atoms with Crippen LogP contribution in [0.5, 0.6) is 0 Å². The van der Waals surface area contributed by atoms with Crippen molar-refractivity contribution in [3.05, 3.63) is 71.8 Å². The number of alkyl carbamates (subject to hydrolysis) is 1. The predicted octanol–water partition coefficient (Wildman–Crippen LogP) is 2.47. The molecule has 0 aliphatic rings. The summed E-state index contributed by atoms with van der Waals surface area (Å²) in [6.45, 7) is 0.707. The van der Waals surface area contributed by atoms with Crippen molar-refractivity contribution in [2.45, 2.75) is 13.0 Å². The minimum atomic E-state index is -0.607. The summed E-state index contributed by atoms with van der Waals surface area (Å²) in [5.74, 6) is 0.0639. The van der Waals surface area contributed by atoms with Crippen LogP contribution >= 0.6 is 0 Å². The summed E-state index contributed by atoms with van der Waals surface area (Å²) in [6.07, 6.45) is 0.160. The maximum absolute atomic E-state index is 11.6. The minimum absolute atomic E-state index is 0.0639. The molecule has 0 aromatic heterocycles. The Morgan fingerprint density at radius 2 is 1.59 bits per heavy atom. The van der Waals surface area contributed by atoms with Crippen molar-refractivity contribution in [3.63, 3.8) is 0 Å². The molecule has 0 aliphatic heterocycles. The number of nitrogens with one attached hydrogen (secondary N) is 1. The number of nitrogens with two attached hydrogens (primary N) is 1. The maximum atomic E-state index is 11.6. The zero-order chi connectivity index (χ0) is 15.6. The molecule has 2 aromatic rings. The fourth-order valence-electron chi connectivity index (χ4n) is 1.85. The average Bonchev–Trinajstić information content (AvgIpc) is 2.55. The molecule has 1 amide bonds. The summed E-state index contributed by atoms with van der Waals surface area (Å²) in [6, 6.07) is 19.4. The Hall–Kier alpha value is -2.82. The predicted molar refractivity (Wildman–Crippen MR) is 86.4 cm³/mol. The van der Waals surface area contributed by atoms with Crippen molar-refractivity contribution in [2.24, 2.45) is 10.7 Å². The van der Waals surface area contributed by atoms with Gasteiger partial charge in [0, 0.05) is 6.54 Å². The summed E-state index contributed by atoms with van der Waals surface area (Å²) >= 11 is 0. The van der Waals surface area contributed by atoms with Crippen molar-refractivity contribution in [1.29, 1.82) is 0 Å². The number of amides is 1. The monoisotopic (exact) mass is 297 g/mol. The lowest BCUT2D eigenvalue weighted by Gasteiger charge is -2.06. The van der Waals surface area contributed by atoms with Gasteiger partial charge >= 0.3 is 6.09 Å². The van der Waals surface area contributed by atoms with Gasteiger partial charge in [-0.15, -0.1) is 0 Å². The van der Waals surface area contributed by atoms with Crippen molar-refractivity contribution in [3.8, 4) is 0 Å². The number of rotatable bonds is 5. The molecule has 5 nitrogen and oxygen atoms in total. The van der Waals surface area contributed by atoms with Crippen molar-refractivity contribution in [2.75, 3.05) is 6.54 Å². The van der Waals surface area contributed by atoms with Crippen LogP contribution in [0, 0.1) is 0 Å². The van der Waals surface area contributed by atoms with Gasteiger partial charge in [-0.1, -0.05) is 60.7 Å². The van der Waals surface area contributed by atoms with Crippen LogP contribution in [0.3, 0.4) is 0 Å². The molecule has 0 radical (unpaired) electrons. The average molecular weight is 297 g/mol. The van der Waals surface area contributed by atoms with Gasteiger partial charge in [0.25, 0.3) is 0 Å². The number of nitrogens with zero attached hydrogens (tertiary/aromatic N) is 1. The smallest absolute Gasteiger partial charge is 0.414 e. The third-order valence-corrected chi connectivity index (χ3v) is 2.97. The van der Waals surface area contributed by atoms with Gasteiger partial charge in [0.2, 0.25) is 0 Å². The highest BCUT2D eigenvalue weighted by molar-refractivity contribution is 5.92. The normalized spacial score (nSPS) is 11.0. The van der Waals surface area contributed by atoms with E-state index in [0.29, 0.717) is 6.54 Å². The molecule has 0 bridgehead atoms. The third kappa shape index (κ3) is 5.66. The summed E-state index contributed by atoms with van der Waals surface area (Å²) in [7, 11) is 0. The van der Waals surface area contributed by atoms with Gasteiger partial charge in [-0.3, -0.25) is 10.3 Å². The van der Waals surface area contributed by atoms with E-state index in [4.69, 9.17) is 10.5 Å². The molecule has 2 rings (SSSR count). The van der Waals surface area contributed by atoms with Crippen LogP contribution in [0.25, 0.3) is 0 Å². The van der Waals surface area contributed by atoms with Gasteiger partial charge in [0.15, 0.2) is 5.96 Å². The molecule has 0 saturated carbocycles. The van der Waals surface area contributed by atoms with Crippen LogP contribution in [0.2, 0.25) is 0 Å². The third-order valence-electron chi connectivity index (χ3n) is 2.97. The summed E-state index contributed by atoms with van der Waals surface area (Å²) in [5, 5.41) is 2.40. The van der Waals surface area contributed by atoms with Crippen LogP contribution in [0.15, 0.2) is 65.7 Å². The van der Waals surface area contributed by atoms with Gasteiger partial charge in [0.05, 0.1) is 0 Å². The van der Waals surface area contributed by atoms with E-state index in [0.717, 1.165) is 12.0 Å². The molecule has 22 heavy (non-hydrogen) atoms. The topological polar surface area (TPSA) is 76.7 Å². The lowest BCUT2D eigenvalue weighted by Crippen LogP contribution is -2.37. The van der Waals surface area contributed by atoms with Crippen LogP contribution in [0.4, 0.5) is 4.79 Å². The Labute approximate surface area is 129 Å². The highest BCUT2D eigenvalue weighted by atomic mass is 16.5. The molecule has 3 N–H and O–H groups in total. The second-order valence-electron chi connectivity index (χ2n) is 4.69. The van der Waals surface area contributed by atoms with Gasteiger partial charge in [-0.2, -0.15) is 0 Å². The lowest BCUT2D eigenvalue weighted by atomic mass is 10.2. The van der Waals surface area contributed by atoms with Gasteiger partial charge < -0.3 is 10.5 Å². The van der Waals surface area contributed by atoms with E-state index < -0.39 is 6.09 Å².